The second-order valence-electron chi connectivity index (χ2n) is 9.24. The van der Waals surface area contributed by atoms with Crippen molar-refractivity contribution in [3.8, 4) is 22.6 Å². The fourth-order valence-electron chi connectivity index (χ4n) is 4.97. The van der Waals surface area contributed by atoms with Gasteiger partial charge in [-0.25, -0.2) is 4.39 Å². The van der Waals surface area contributed by atoms with Crippen LogP contribution in [0.15, 0.2) is 54.9 Å². The summed E-state index contributed by atoms with van der Waals surface area (Å²) in [6, 6.07) is 13.7. The van der Waals surface area contributed by atoms with Crippen LogP contribution in [0.5, 0.6) is 11.5 Å². The first-order valence-electron chi connectivity index (χ1n) is 12.1. The van der Waals surface area contributed by atoms with Gasteiger partial charge in [-0.3, -0.25) is 4.98 Å². The number of pyridine rings is 1. The first kappa shape index (κ1) is 22.7. The van der Waals surface area contributed by atoms with Crippen molar-refractivity contribution in [1.29, 1.82) is 0 Å². The molecule has 1 aromatic heterocycles. The van der Waals surface area contributed by atoms with Crippen LogP contribution in [0.1, 0.15) is 42.7 Å². The molecule has 5 rings (SSSR count). The Balaban J connectivity index is 1.47. The number of piperidine rings is 1. The van der Waals surface area contributed by atoms with Crippen molar-refractivity contribution >= 4 is 5.69 Å². The minimum atomic E-state index is -0.211. The first-order valence-corrected chi connectivity index (χ1v) is 12.1. The van der Waals surface area contributed by atoms with E-state index in [1.54, 1.807) is 26.4 Å². The van der Waals surface area contributed by atoms with Gasteiger partial charge in [-0.15, -0.1) is 0 Å². The van der Waals surface area contributed by atoms with Crippen molar-refractivity contribution in [3.63, 3.8) is 0 Å². The van der Waals surface area contributed by atoms with Crippen LogP contribution in [0.25, 0.3) is 11.1 Å². The van der Waals surface area contributed by atoms with Gasteiger partial charge in [0.1, 0.15) is 5.82 Å². The van der Waals surface area contributed by atoms with E-state index < -0.39 is 0 Å². The maximum absolute atomic E-state index is 13.6. The van der Waals surface area contributed by atoms with Gasteiger partial charge in [0, 0.05) is 41.8 Å². The molecular weight excluding hydrogens is 429 g/mol. The minimum absolute atomic E-state index is 0.211. The quantitative estimate of drug-likeness (QED) is 0.477. The summed E-state index contributed by atoms with van der Waals surface area (Å²) in [5.41, 5.74) is 5.53. The van der Waals surface area contributed by atoms with Gasteiger partial charge < -0.3 is 19.7 Å². The van der Waals surface area contributed by atoms with E-state index in [0.717, 1.165) is 66.4 Å². The van der Waals surface area contributed by atoms with Crippen LogP contribution >= 0.6 is 0 Å². The maximum atomic E-state index is 13.6. The van der Waals surface area contributed by atoms with Gasteiger partial charge in [-0.2, -0.15) is 0 Å². The molecule has 1 aliphatic heterocycles. The highest BCUT2D eigenvalue weighted by atomic mass is 19.1. The second-order valence-corrected chi connectivity index (χ2v) is 9.24. The molecule has 6 heteroatoms. The fourth-order valence-corrected chi connectivity index (χ4v) is 4.97. The zero-order valence-electron chi connectivity index (χ0n) is 19.9. The Kier molecular flexibility index (Phi) is 6.68. The van der Waals surface area contributed by atoms with Crippen LogP contribution in [-0.2, 0) is 6.54 Å². The lowest BCUT2D eigenvalue weighted by Gasteiger charge is -2.36. The lowest BCUT2D eigenvalue weighted by atomic mass is 9.98. The number of anilines is 1. The molecule has 2 aliphatic rings. The normalized spacial score (nSPS) is 16.3. The summed E-state index contributed by atoms with van der Waals surface area (Å²) in [7, 11) is 3.39. The summed E-state index contributed by atoms with van der Waals surface area (Å²) in [6.45, 7) is 2.71. The summed E-state index contributed by atoms with van der Waals surface area (Å²) in [5.74, 6) is 1.92. The number of ether oxygens (including phenoxy) is 2. The van der Waals surface area contributed by atoms with Crippen molar-refractivity contribution in [2.45, 2.75) is 44.2 Å². The molecule has 2 heterocycles. The molecule has 34 heavy (non-hydrogen) atoms. The molecule has 0 atom stereocenters. The lowest BCUT2D eigenvalue weighted by Crippen LogP contribution is -2.43. The highest BCUT2D eigenvalue weighted by Crippen LogP contribution is 2.49. The zero-order valence-corrected chi connectivity index (χ0v) is 19.9. The zero-order chi connectivity index (χ0) is 23.5. The van der Waals surface area contributed by atoms with E-state index in [4.69, 9.17) is 9.47 Å². The molecule has 0 spiro atoms. The maximum Gasteiger partial charge on any atom is 0.164 e. The molecule has 2 aromatic carbocycles. The largest absolute Gasteiger partial charge is 0.493 e. The fraction of sp³-hybridized carbons (Fsp3) is 0.393. The minimum Gasteiger partial charge on any atom is -0.493 e. The summed E-state index contributed by atoms with van der Waals surface area (Å²) in [4.78, 5) is 6.98. The summed E-state index contributed by atoms with van der Waals surface area (Å²) in [5, 5.41) is 3.44. The van der Waals surface area contributed by atoms with Crippen LogP contribution in [0.4, 0.5) is 10.1 Å². The Hall–Kier alpha value is -3.12. The van der Waals surface area contributed by atoms with E-state index >= 15 is 0 Å². The van der Waals surface area contributed by atoms with E-state index in [1.807, 2.05) is 30.6 Å². The standard InChI is InChI=1S/C28H32FN3O2/c1-33-27-15-21(14-26(20-3-4-20)28(27)34-2)22-13-19(16-31-17-22)18-32(25-9-11-30-12-10-25)24-7-5-23(29)6-8-24/h5-8,13-17,20,25,30H,3-4,9-12,18H2,1-2H3. The number of benzene rings is 2. The van der Waals surface area contributed by atoms with Crippen LogP contribution in [0.3, 0.4) is 0 Å². The van der Waals surface area contributed by atoms with Crippen LogP contribution in [-0.4, -0.2) is 38.3 Å². The molecule has 5 nitrogen and oxygen atoms in total. The Labute approximate surface area is 200 Å². The molecule has 1 saturated heterocycles. The predicted octanol–water partition coefficient (Wildman–Crippen LogP) is 5.54. The Morgan fingerprint density at radius 3 is 2.38 bits per heavy atom. The average molecular weight is 462 g/mol. The van der Waals surface area contributed by atoms with Gasteiger partial charge in [0.15, 0.2) is 11.5 Å². The molecule has 0 unspecified atom stereocenters. The van der Waals surface area contributed by atoms with Gasteiger partial charge in [0.05, 0.1) is 14.2 Å². The van der Waals surface area contributed by atoms with Crippen LogP contribution < -0.4 is 19.7 Å². The average Bonchev–Trinajstić information content (AvgIpc) is 3.73. The van der Waals surface area contributed by atoms with Crippen LogP contribution in [0, 0.1) is 5.82 Å². The van der Waals surface area contributed by atoms with Crippen LogP contribution in [0.2, 0.25) is 0 Å². The number of rotatable bonds is 8. The molecule has 1 saturated carbocycles. The third kappa shape index (κ3) is 4.87. The monoisotopic (exact) mass is 461 g/mol. The Morgan fingerprint density at radius 1 is 0.941 bits per heavy atom. The highest BCUT2D eigenvalue weighted by molar-refractivity contribution is 5.70. The van der Waals surface area contributed by atoms with Crippen molar-refractivity contribution in [1.82, 2.24) is 10.3 Å². The van der Waals surface area contributed by atoms with Crippen molar-refractivity contribution in [2.75, 3.05) is 32.2 Å². The van der Waals surface area contributed by atoms with Gasteiger partial charge >= 0.3 is 0 Å². The van der Waals surface area contributed by atoms with E-state index in [0.29, 0.717) is 12.0 Å². The van der Waals surface area contributed by atoms with Crippen molar-refractivity contribution in [2.24, 2.45) is 0 Å². The van der Waals surface area contributed by atoms with E-state index in [9.17, 15) is 4.39 Å². The Bertz CT molecular complexity index is 1120. The molecule has 0 amide bonds. The Morgan fingerprint density at radius 2 is 1.71 bits per heavy atom. The second kappa shape index (κ2) is 10.0. The molecule has 3 aromatic rings. The predicted molar refractivity (Wildman–Crippen MR) is 133 cm³/mol. The van der Waals surface area contributed by atoms with Gasteiger partial charge in [0.25, 0.3) is 0 Å². The van der Waals surface area contributed by atoms with E-state index in [1.165, 1.54) is 18.4 Å². The number of halogens is 1. The highest BCUT2D eigenvalue weighted by Gasteiger charge is 2.29. The third-order valence-electron chi connectivity index (χ3n) is 6.91. The van der Waals surface area contributed by atoms with Gasteiger partial charge in [-0.05, 0) is 98.3 Å². The topological polar surface area (TPSA) is 46.6 Å². The number of hydrogen-bond donors (Lipinski definition) is 1. The summed E-state index contributed by atoms with van der Waals surface area (Å²) in [6.07, 6.45) is 8.34. The number of hydrogen-bond acceptors (Lipinski definition) is 5. The van der Waals surface area contributed by atoms with Gasteiger partial charge in [0.2, 0.25) is 0 Å². The van der Waals surface area contributed by atoms with Crippen molar-refractivity contribution < 1.29 is 13.9 Å². The SMILES string of the molecule is COc1cc(-c2cncc(CN(c3ccc(F)cc3)C3CCNCC3)c2)cc(C2CC2)c1OC. The molecule has 0 radical (unpaired) electrons. The van der Waals surface area contributed by atoms with E-state index in [-0.39, 0.29) is 5.82 Å². The summed E-state index contributed by atoms with van der Waals surface area (Å²) >= 11 is 0. The molecule has 0 bridgehead atoms. The number of methoxy groups -OCH3 is 2. The molecule has 1 N–H and O–H groups in total. The number of nitrogens with zero attached hydrogens (tertiary/aromatic N) is 2. The molecular formula is C28H32FN3O2. The molecule has 1 aliphatic carbocycles. The van der Waals surface area contributed by atoms with E-state index in [2.05, 4.69) is 27.3 Å². The summed E-state index contributed by atoms with van der Waals surface area (Å²) < 4.78 is 25.0. The number of aromatic nitrogens is 1. The molecule has 2 fully saturated rings. The lowest BCUT2D eigenvalue weighted by molar-refractivity contribution is 0.352. The first-order chi connectivity index (χ1) is 16.7. The molecule has 178 valence electrons. The number of nitrogens with one attached hydrogen (secondary N) is 1. The van der Waals surface area contributed by atoms with Gasteiger partial charge in [-0.1, -0.05) is 0 Å². The third-order valence-corrected chi connectivity index (χ3v) is 6.91. The van der Waals surface area contributed by atoms with Crippen molar-refractivity contribution in [3.05, 3.63) is 71.8 Å². The smallest absolute Gasteiger partial charge is 0.164 e.